The summed E-state index contributed by atoms with van der Waals surface area (Å²) in [4.78, 5) is 2.04. The molecule has 1 nitrogen and oxygen atoms in total. The highest BCUT2D eigenvalue weighted by atomic mass is 32.2. The van der Waals surface area contributed by atoms with E-state index in [2.05, 4.69) is 0 Å². The minimum atomic E-state index is -4.28. The molecule has 0 bridgehead atoms. The first kappa shape index (κ1) is 14.6. The summed E-state index contributed by atoms with van der Waals surface area (Å²) in [5.74, 6) is 1.74. The number of anilines is 1. The highest BCUT2D eigenvalue weighted by Crippen LogP contribution is 2.39. The molecule has 0 saturated carbocycles. The fourth-order valence-corrected chi connectivity index (χ4v) is 3.18. The molecule has 19 heavy (non-hydrogen) atoms. The van der Waals surface area contributed by atoms with Gasteiger partial charge < -0.3 is 4.90 Å². The molecule has 0 spiro atoms. The van der Waals surface area contributed by atoms with Crippen LogP contribution in [0.1, 0.15) is 31.9 Å². The van der Waals surface area contributed by atoms with Crippen LogP contribution in [-0.2, 0) is 11.6 Å². The lowest BCUT2D eigenvalue weighted by molar-refractivity contribution is -0.137. The number of halogens is 3. The molecule has 2 rings (SSSR count). The quantitative estimate of drug-likeness (QED) is 0.748. The second kappa shape index (κ2) is 4.93. The Morgan fingerprint density at radius 3 is 2.32 bits per heavy atom. The molecule has 0 aromatic heterocycles. The Balaban J connectivity index is 2.50. The van der Waals surface area contributed by atoms with E-state index in [1.807, 2.05) is 25.7 Å². The zero-order chi connectivity index (χ0) is 14.3. The van der Waals surface area contributed by atoms with Crippen molar-refractivity contribution in [2.24, 2.45) is 0 Å². The van der Waals surface area contributed by atoms with Crippen molar-refractivity contribution < 1.29 is 13.2 Å². The van der Waals surface area contributed by atoms with E-state index in [1.54, 1.807) is 17.8 Å². The van der Waals surface area contributed by atoms with E-state index in [0.717, 1.165) is 29.4 Å². The zero-order valence-corrected chi connectivity index (χ0v) is 12.2. The van der Waals surface area contributed by atoms with Crippen molar-refractivity contribution in [3.63, 3.8) is 0 Å². The lowest BCUT2D eigenvalue weighted by Gasteiger charge is -2.29. The van der Waals surface area contributed by atoms with Crippen molar-refractivity contribution in [2.75, 3.05) is 23.1 Å². The van der Waals surface area contributed by atoms with Crippen molar-refractivity contribution in [1.29, 1.82) is 0 Å². The average molecular weight is 289 g/mol. The van der Waals surface area contributed by atoms with Crippen LogP contribution in [0.15, 0.2) is 18.2 Å². The molecule has 1 aromatic rings. The van der Waals surface area contributed by atoms with Crippen LogP contribution in [0.3, 0.4) is 0 Å². The van der Waals surface area contributed by atoms with Crippen LogP contribution < -0.4 is 4.90 Å². The Kier molecular flexibility index (Phi) is 3.78. The lowest BCUT2D eigenvalue weighted by atomic mass is 9.85. The normalized spacial score (nSPS) is 17.1. The summed E-state index contributed by atoms with van der Waals surface area (Å²) in [6, 6.07) is 4.11. The van der Waals surface area contributed by atoms with Crippen molar-refractivity contribution in [3.05, 3.63) is 29.3 Å². The maximum Gasteiger partial charge on any atom is 0.416 e. The number of rotatable bonds is 1. The van der Waals surface area contributed by atoms with Crippen LogP contribution in [0.5, 0.6) is 0 Å². The zero-order valence-electron chi connectivity index (χ0n) is 11.3. The molecule has 5 heteroatoms. The second-order valence-electron chi connectivity index (χ2n) is 5.78. The molecule has 0 amide bonds. The largest absolute Gasteiger partial charge is 0.416 e. The molecular weight excluding hydrogens is 271 g/mol. The lowest BCUT2D eigenvalue weighted by Crippen LogP contribution is -2.24. The first-order valence-corrected chi connectivity index (χ1v) is 7.39. The minimum Gasteiger partial charge on any atom is -0.361 e. The van der Waals surface area contributed by atoms with E-state index >= 15 is 0 Å². The Labute approximate surface area is 116 Å². The Bertz CT molecular complexity index is 457. The number of nitrogens with zero attached hydrogens (tertiary/aromatic N) is 1. The van der Waals surface area contributed by atoms with Crippen LogP contribution in [-0.4, -0.2) is 18.2 Å². The van der Waals surface area contributed by atoms with Crippen LogP contribution in [0.4, 0.5) is 18.9 Å². The average Bonchev–Trinajstić information content (AvgIpc) is 2.79. The molecule has 106 valence electrons. The second-order valence-corrected chi connectivity index (χ2v) is 6.86. The van der Waals surface area contributed by atoms with E-state index in [-0.39, 0.29) is 5.41 Å². The third kappa shape index (κ3) is 3.19. The van der Waals surface area contributed by atoms with Gasteiger partial charge in [-0.2, -0.15) is 13.2 Å². The maximum atomic E-state index is 12.9. The summed E-state index contributed by atoms with van der Waals surface area (Å²) in [5.41, 5.74) is 0.981. The third-order valence-electron chi connectivity index (χ3n) is 3.23. The molecule has 0 N–H and O–H groups in total. The molecule has 1 fully saturated rings. The van der Waals surface area contributed by atoms with Gasteiger partial charge in [0, 0.05) is 18.0 Å². The van der Waals surface area contributed by atoms with Gasteiger partial charge in [0.25, 0.3) is 0 Å². The Morgan fingerprint density at radius 2 is 1.84 bits per heavy atom. The molecule has 0 atom stereocenters. The number of alkyl halides is 3. The van der Waals surface area contributed by atoms with Gasteiger partial charge in [-0.15, -0.1) is 11.8 Å². The molecule has 1 saturated heterocycles. The van der Waals surface area contributed by atoms with Gasteiger partial charge in [0.15, 0.2) is 0 Å². The topological polar surface area (TPSA) is 3.24 Å². The predicted molar refractivity (Wildman–Crippen MR) is 74.8 cm³/mol. The highest BCUT2D eigenvalue weighted by Gasteiger charge is 2.33. The van der Waals surface area contributed by atoms with Gasteiger partial charge in [-0.3, -0.25) is 0 Å². The first-order valence-electron chi connectivity index (χ1n) is 6.24. The summed E-state index contributed by atoms with van der Waals surface area (Å²) >= 11 is 1.75. The van der Waals surface area contributed by atoms with Gasteiger partial charge in [-0.05, 0) is 23.1 Å². The highest BCUT2D eigenvalue weighted by molar-refractivity contribution is 7.99. The summed E-state index contributed by atoms with van der Waals surface area (Å²) in [5, 5.41) is 0. The Hall–Kier alpha value is -0.840. The van der Waals surface area contributed by atoms with Crippen LogP contribution in [0.25, 0.3) is 0 Å². The molecule has 1 aliphatic heterocycles. The SMILES string of the molecule is CC(C)(C)c1ccc(C(F)(F)F)cc1N1CCSC1. The van der Waals surface area contributed by atoms with Crippen LogP contribution in [0, 0.1) is 0 Å². The summed E-state index contributed by atoms with van der Waals surface area (Å²) in [6.07, 6.45) is -4.28. The number of hydrogen-bond donors (Lipinski definition) is 0. The molecule has 0 aliphatic carbocycles. The fourth-order valence-electron chi connectivity index (χ4n) is 2.21. The van der Waals surface area contributed by atoms with Crippen molar-refractivity contribution in [1.82, 2.24) is 0 Å². The number of benzene rings is 1. The number of hydrogen-bond acceptors (Lipinski definition) is 2. The molecule has 1 aromatic carbocycles. The van der Waals surface area contributed by atoms with Crippen LogP contribution in [0.2, 0.25) is 0 Å². The fraction of sp³-hybridized carbons (Fsp3) is 0.571. The van der Waals surface area contributed by atoms with E-state index in [0.29, 0.717) is 0 Å². The van der Waals surface area contributed by atoms with Gasteiger partial charge in [0.2, 0.25) is 0 Å². The predicted octanol–water partition coefficient (Wildman–Crippen LogP) is 4.51. The van der Waals surface area contributed by atoms with Crippen LogP contribution >= 0.6 is 11.8 Å². The third-order valence-corrected chi connectivity index (χ3v) is 4.19. The van der Waals surface area contributed by atoms with E-state index in [4.69, 9.17) is 0 Å². The maximum absolute atomic E-state index is 12.9. The summed E-state index contributed by atoms with van der Waals surface area (Å²) in [7, 11) is 0. The van der Waals surface area contributed by atoms with Crippen molar-refractivity contribution in [2.45, 2.75) is 32.4 Å². The molecular formula is C14H18F3NS. The van der Waals surface area contributed by atoms with Gasteiger partial charge in [-0.25, -0.2) is 0 Å². The van der Waals surface area contributed by atoms with E-state index in [1.165, 1.54) is 12.1 Å². The molecule has 0 radical (unpaired) electrons. The van der Waals surface area contributed by atoms with E-state index in [9.17, 15) is 13.2 Å². The van der Waals surface area contributed by atoms with E-state index < -0.39 is 11.7 Å². The van der Waals surface area contributed by atoms with Gasteiger partial charge in [0.05, 0.1) is 11.4 Å². The summed E-state index contributed by atoms with van der Waals surface area (Å²) in [6.45, 7) is 6.90. The Morgan fingerprint density at radius 1 is 1.16 bits per heavy atom. The monoisotopic (exact) mass is 289 g/mol. The molecule has 0 unspecified atom stereocenters. The molecule has 1 heterocycles. The standard InChI is InChI=1S/C14H18F3NS/c1-13(2,3)11-5-4-10(14(15,16)17)8-12(11)18-6-7-19-9-18/h4-5,8H,6-7,9H2,1-3H3. The van der Waals surface area contributed by atoms with Gasteiger partial charge >= 0.3 is 6.18 Å². The smallest absolute Gasteiger partial charge is 0.361 e. The van der Waals surface area contributed by atoms with Crippen molar-refractivity contribution in [3.8, 4) is 0 Å². The minimum absolute atomic E-state index is 0.160. The van der Waals surface area contributed by atoms with Gasteiger partial charge in [-0.1, -0.05) is 26.8 Å². The van der Waals surface area contributed by atoms with Crippen molar-refractivity contribution >= 4 is 17.4 Å². The van der Waals surface area contributed by atoms with Gasteiger partial charge in [0.1, 0.15) is 0 Å². The molecule has 1 aliphatic rings. The number of thioether (sulfide) groups is 1. The first-order chi connectivity index (χ1) is 8.69. The summed E-state index contributed by atoms with van der Waals surface area (Å²) < 4.78 is 38.6.